The first-order chi connectivity index (χ1) is 14.5. The number of carbonyl (C=O) groups is 2. The Balaban J connectivity index is 1.34. The summed E-state index contributed by atoms with van der Waals surface area (Å²) < 4.78 is 5.90. The van der Waals surface area contributed by atoms with Crippen LogP contribution in [0, 0.1) is 13.8 Å². The maximum atomic E-state index is 12.1. The second-order valence-electron chi connectivity index (χ2n) is 7.81. The summed E-state index contributed by atoms with van der Waals surface area (Å²) in [6.07, 6.45) is 1.91. The molecular weight excluding hydrogens is 378 g/mol. The molecule has 3 rings (SSSR count). The minimum Gasteiger partial charge on any atom is -0.371 e. The molecule has 2 amide bonds. The summed E-state index contributed by atoms with van der Waals surface area (Å²) >= 11 is 0. The summed E-state index contributed by atoms with van der Waals surface area (Å²) in [6, 6.07) is 16.1. The van der Waals surface area contributed by atoms with Crippen LogP contribution in [0.2, 0.25) is 0 Å². The standard InChI is InChI=1S/C24H31N3O3/c1-18-10-11-19(2)21(16-18)26-24(29)23(28)25-12-6-7-13-27-14-15-30-22(17-27)20-8-4-3-5-9-20/h3-5,8-11,16,22H,6-7,12-15,17H2,1-2H3,(H,25,28)(H,26,29). The second-order valence-corrected chi connectivity index (χ2v) is 7.81. The number of anilines is 1. The second kappa shape index (κ2) is 10.9. The van der Waals surface area contributed by atoms with Gasteiger partial charge in [-0.15, -0.1) is 0 Å². The van der Waals surface area contributed by atoms with Gasteiger partial charge in [0.15, 0.2) is 0 Å². The van der Waals surface area contributed by atoms with Gasteiger partial charge in [0.05, 0.1) is 12.7 Å². The number of hydrogen-bond acceptors (Lipinski definition) is 4. The smallest absolute Gasteiger partial charge is 0.313 e. The predicted octanol–water partition coefficient (Wildman–Crippen LogP) is 3.21. The summed E-state index contributed by atoms with van der Waals surface area (Å²) in [5, 5.41) is 5.41. The average Bonchev–Trinajstić information content (AvgIpc) is 2.76. The Morgan fingerprint density at radius 2 is 1.87 bits per heavy atom. The molecule has 1 atom stereocenters. The van der Waals surface area contributed by atoms with E-state index in [0.29, 0.717) is 12.2 Å². The van der Waals surface area contributed by atoms with Gasteiger partial charge in [-0.25, -0.2) is 0 Å². The van der Waals surface area contributed by atoms with Gasteiger partial charge in [0.25, 0.3) is 0 Å². The Morgan fingerprint density at radius 1 is 1.07 bits per heavy atom. The number of ether oxygens (including phenoxy) is 1. The summed E-state index contributed by atoms with van der Waals surface area (Å²) in [5.74, 6) is -1.21. The van der Waals surface area contributed by atoms with Crippen LogP contribution in [0.3, 0.4) is 0 Å². The van der Waals surface area contributed by atoms with E-state index in [1.165, 1.54) is 5.56 Å². The molecule has 1 unspecified atom stereocenters. The molecule has 1 aliphatic heterocycles. The van der Waals surface area contributed by atoms with Crippen molar-refractivity contribution in [3.05, 3.63) is 65.2 Å². The van der Waals surface area contributed by atoms with Crippen molar-refractivity contribution in [2.75, 3.05) is 38.1 Å². The molecule has 0 spiro atoms. The van der Waals surface area contributed by atoms with E-state index >= 15 is 0 Å². The molecule has 0 bridgehead atoms. The zero-order valence-corrected chi connectivity index (χ0v) is 17.8. The fourth-order valence-corrected chi connectivity index (χ4v) is 3.57. The van der Waals surface area contributed by atoms with Crippen LogP contribution in [-0.2, 0) is 14.3 Å². The third-order valence-electron chi connectivity index (χ3n) is 5.36. The SMILES string of the molecule is Cc1ccc(C)c(NC(=O)C(=O)NCCCCN2CCOC(c3ccccc3)C2)c1. The van der Waals surface area contributed by atoms with Crippen LogP contribution in [0.4, 0.5) is 5.69 Å². The lowest BCUT2D eigenvalue weighted by molar-refractivity contribution is -0.136. The highest BCUT2D eigenvalue weighted by Gasteiger charge is 2.21. The number of rotatable bonds is 7. The highest BCUT2D eigenvalue weighted by molar-refractivity contribution is 6.39. The Morgan fingerprint density at radius 3 is 2.67 bits per heavy atom. The van der Waals surface area contributed by atoms with Gasteiger partial charge in [0.2, 0.25) is 0 Å². The lowest BCUT2D eigenvalue weighted by Gasteiger charge is -2.33. The van der Waals surface area contributed by atoms with E-state index in [2.05, 4.69) is 27.7 Å². The molecule has 0 radical (unpaired) electrons. The highest BCUT2D eigenvalue weighted by atomic mass is 16.5. The Hall–Kier alpha value is -2.70. The molecule has 1 heterocycles. The van der Waals surface area contributed by atoms with Crippen LogP contribution in [-0.4, -0.2) is 49.5 Å². The van der Waals surface area contributed by atoms with Gasteiger partial charge in [-0.05, 0) is 56.0 Å². The molecule has 30 heavy (non-hydrogen) atoms. The Kier molecular flexibility index (Phi) is 7.99. The summed E-state index contributed by atoms with van der Waals surface area (Å²) in [7, 11) is 0. The van der Waals surface area contributed by atoms with Crippen molar-refractivity contribution in [3.8, 4) is 0 Å². The number of hydrogen-bond donors (Lipinski definition) is 2. The first-order valence-electron chi connectivity index (χ1n) is 10.6. The van der Waals surface area contributed by atoms with Crippen LogP contribution in [0.15, 0.2) is 48.5 Å². The van der Waals surface area contributed by atoms with E-state index in [1.807, 2.05) is 50.2 Å². The molecule has 1 saturated heterocycles. The fraction of sp³-hybridized carbons (Fsp3) is 0.417. The van der Waals surface area contributed by atoms with Crippen LogP contribution in [0.1, 0.15) is 35.6 Å². The molecule has 1 aliphatic rings. The number of nitrogens with zero attached hydrogens (tertiary/aromatic N) is 1. The van der Waals surface area contributed by atoms with Gasteiger partial charge < -0.3 is 15.4 Å². The van der Waals surface area contributed by atoms with Gasteiger partial charge in [0.1, 0.15) is 0 Å². The van der Waals surface area contributed by atoms with Crippen molar-refractivity contribution < 1.29 is 14.3 Å². The van der Waals surface area contributed by atoms with Crippen LogP contribution in [0.25, 0.3) is 0 Å². The van der Waals surface area contributed by atoms with Crippen LogP contribution >= 0.6 is 0 Å². The zero-order valence-electron chi connectivity index (χ0n) is 17.8. The van der Waals surface area contributed by atoms with Crippen molar-refractivity contribution in [1.82, 2.24) is 10.2 Å². The topological polar surface area (TPSA) is 70.7 Å². The van der Waals surface area contributed by atoms with E-state index in [4.69, 9.17) is 4.74 Å². The fourth-order valence-electron chi connectivity index (χ4n) is 3.57. The predicted molar refractivity (Wildman–Crippen MR) is 118 cm³/mol. The molecule has 0 aromatic heterocycles. The number of nitrogens with one attached hydrogen (secondary N) is 2. The largest absolute Gasteiger partial charge is 0.371 e. The first kappa shape index (κ1) is 22.0. The quantitative estimate of drug-likeness (QED) is 0.544. The van der Waals surface area contributed by atoms with Gasteiger partial charge in [-0.1, -0.05) is 42.5 Å². The molecular formula is C24H31N3O3. The van der Waals surface area contributed by atoms with Crippen molar-refractivity contribution in [2.45, 2.75) is 32.8 Å². The van der Waals surface area contributed by atoms with Crippen molar-refractivity contribution in [3.63, 3.8) is 0 Å². The van der Waals surface area contributed by atoms with Crippen LogP contribution < -0.4 is 10.6 Å². The molecule has 6 nitrogen and oxygen atoms in total. The molecule has 0 saturated carbocycles. The van der Waals surface area contributed by atoms with Gasteiger partial charge in [0, 0.05) is 25.3 Å². The third kappa shape index (κ3) is 6.40. The zero-order chi connectivity index (χ0) is 21.3. The average molecular weight is 410 g/mol. The van der Waals surface area contributed by atoms with E-state index < -0.39 is 11.8 Å². The number of morpholine rings is 1. The summed E-state index contributed by atoms with van der Waals surface area (Å²) in [5.41, 5.74) is 3.86. The lowest BCUT2D eigenvalue weighted by atomic mass is 10.1. The molecule has 2 aromatic carbocycles. The highest BCUT2D eigenvalue weighted by Crippen LogP contribution is 2.22. The van der Waals surface area contributed by atoms with Crippen molar-refractivity contribution in [2.24, 2.45) is 0 Å². The molecule has 2 aromatic rings. The first-order valence-corrected chi connectivity index (χ1v) is 10.6. The van der Waals surface area contributed by atoms with Crippen LogP contribution in [0.5, 0.6) is 0 Å². The Bertz CT molecular complexity index is 854. The molecule has 1 fully saturated rings. The monoisotopic (exact) mass is 409 g/mol. The summed E-state index contributed by atoms with van der Waals surface area (Å²) in [4.78, 5) is 26.6. The van der Waals surface area contributed by atoms with Gasteiger partial charge >= 0.3 is 11.8 Å². The van der Waals surface area contributed by atoms with Crippen molar-refractivity contribution in [1.29, 1.82) is 0 Å². The minimum atomic E-state index is -0.623. The molecule has 6 heteroatoms. The lowest BCUT2D eigenvalue weighted by Crippen LogP contribution is -2.39. The van der Waals surface area contributed by atoms with E-state index in [0.717, 1.165) is 50.2 Å². The maximum Gasteiger partial charge on any atom is 0.313 e. The molecule has 160 valence electrons. The van der Waals surface area contributed by atoms with E-state index in [9.17, 15) is 9.59 Å². The van der Waals surface area contributed by atoms with Crippen molar-refractivity contribution >= 4 is 17.5 Å². The van der Waals surface area contributed by atoms with Gasteiger partial charge in [-0.3, -0.25) is 14.5 Å². The Labute approximate surface area is 178 Å². The molecule has 2 N–H and O–H groups in total. The van der Waals surface area contributed by atoms with Gasteiger partial charge in [-0.2, -0.15) is 0 Å². The minimum absolute atomic E-state index is 0.119. The number of carbonyl (C=O) groups excluding carboxylic acids is 2. The van der Waals surface area contributed by atoms with E-state index in [1.54, 1.807) is 0 Å². The summed E-state index contributed by atoms with van der Waals surface area (Å²) in [6.45, 7) is 7.84. The third-order valence-corrected chi connectivity index (χ3v) is 5.36. The number of aryl methyl sites for hydroxylation is 2. The molecule has 0 aliphatic carbocycles. The number of amides is 2. The van der Waals surface area contributed by atoms with E-state index in [-0.39, 0.29) is 6.10 Å². The normalized spacial score (nSPS) is 16.8. The number of benzene rings is 2. The maximum absolute atomic E-state index is 12.1. The number of unbranched alkanes of at least 4 members (excludes halogenated alkanes) is 1.